The number of hydrogen-bond donors (Lipinski definition) is 14. The van der Waals surface area contributed by atoms with Gasteiger partial charge in [-0.15, -0.1) is 0 Å². The van der Waals surface area contributed by atoms with Crippen LogP contribution in [0.1, 0.15) is 135 Å². The van der Waals surface area contributed by atoms with E-state index in [9.17, 15) is 77.6 Å². The molecule has 5 heterocycles. The molecule has 0 spiro atoms. The molecule has 17 N–H and O–H groups in total. The van der Waals surface area contributed by atoms with Crippen LogP contribution in [0.4, 0.5) is 9.18 Å². The van der Waals surface area contributed by atoms with Crippen LogP contribution in [0, 0.1) is 19.2 Å². The van der Waals surface area contributed by atoms with Gasteiger partial charge in [0.1, 0.15) is 54.9 Å². The van der Waals surface area contributed by atoms with Gasteiger partial charge in [-0.1, -0.05) is 55.8 Å². The Morgan fingerprint density at radius 1 is 0.740 bits per heavy atom. The van der Waals surface area contributed by atoms with E-state index >= 15 is 4.39 Å². The summed E-state index contributed by atoms with van der Waals surface area (Å²) in [5.41, 5.74) is 17.7. The molecule has 1 radical (unpaired) electrons. The van der Waals surface area contributed by atoms with E-state index in [2.05, 4.69) is 47.5 Å². The number of phenolic OH excluding ortho intramolecular Hbond substituents is 1. The smallest absolute Gasteiger partial charge is 0.343 e. The molecular weight excluding hydrogens is 1390 g/mol. The minimum atomic E-state index is -2.12. The van der Waals surface area contributed by atoms with E-state index in [1.807, 2.05) is 0 Å². The molecule has 7 atom stereocenters. The summed E-state index contributed by atoms with van der Waals surface area (Å²) in [4.78, 5) is 184. The van der Waals surface area contributed by atoms with Gasteiger partial charge in [0.05, 0.1) is 41.0 Å². The maximum absolute atomic E-state index is 15.7. The Labute approximate surface area is 607 Å². The number of amides is 11. The second-order valence-electron chi connectivity index (χ2n) is 25.7. The van der Waals surface area contributed by atoms with Crippen molar-refractivity contribution in [3.05, 3.63) is 134 Å². The second-order valence-corrected chi connectivity index (χ2v) is 25.7. The summed E-state index contributed by atoms with van der Waals surface area (Å²) < 4.78 is 22.4. The average molecular weight is 1480 g/mol. The number of esters is 1. The van der Waals surface area contributed by atoms with Crippen LogP contribution in [0.5, 0.6) is 5.75 Å². The van der Waals surface area contributed by atoms with E-state index in [1.165, 1.54) is 41.0 Å². The zero-order valence-electron chi connectivity index (χ0n) is 57.1. The van der Waals surface area contributed by atoms with Crippen LogP contribution in [0.3, 0.4) is 0 Å². The fourth-order valence-corrected chi connectivity index (χ4v) is 13.1. The number of nitrogens with two attached hydrogens (primary N) is 3. The Morgan fingerprint density at radius 2 is 1.36 bits per heavy atom. The molecule has 3 aliphatic heterocycles. The standard InChI is InChI=1S/C70H83FN15O17.V/c1-3-70(102)43-31-52-60-41(33-85(52)65(97)42(43)35-103-67(70)100)59-45(21-20-40-36(2)44(71)32-49(81-60)58(40)59)78-53(88)22-23-54(89)80-50(29-37-11-5-4-6-12-37)64(96)83-48(15-10-28-77-69(74)101)62(94)82-47(63(95)84-51(66(98)99)30-38-16-18-39(87)19-17-38)13-7-8-26-75-61(93)46(14-9-27-76-68(72)73)79-55(90)34-86-56(91)24-25-57(86)92;/h4-6,11-12,16-19,24,31-32,45-48,50-51,87,102H,3,7-10,13-15,20-23,25-30,33-35H2,1-2H3,(H,75,93)(H,78,88)(H,79,90)(H,80,89)(H,82,94)(H,83,96)(H,84,95)(H,98,99)(H4,72,73,76)(H3,74,77,101);/q-1;/t45-,46-,47-,48-,50-,51-,70-;/m0./s1. The summed E-state index contributed by atoms with van der Waals surface area (Å²) in [6.45, 7) is 2.09. The molecule has 0 saturated carbocycles. The molecule has 104 heavy (non-hydrogen) atoms. The van der Waals surface area contributed by atoms with Crippen molar-refractivity contribution in [3.63, 3.8) is 0 Å². The number of unbranched alkanes of at least 4 members (excludes halogenated alkanes) is 1. The molecule has 0 bridgehead atoms. The number of guanidine groups is 1. The van der Waals surface area contributed by atoms with E-state index in [1.54, 1.807) is 44.2 Å². The van der Waals surface area contributed by atoms with Crippen molar-refractivity contribution < 1.29 is 101 Å². The Morgan fingerprint density at radius 3 is 2.01 bits per heavy atom. The number of likely N-dealkylation sites (tertiary alicyclic amines) is 1. The normalized spacial score (nSPS) is 16.8. The number of carbonyl (C=O) groups is 12. The maximum atomic E-state index is 15.7. The van der Waals surface area contributed by atoms with Crippen LogP contribution in [0.2, 0.25) is 0 Å². The van der Waals surface area contributed by atoms with Crippen molar-refractivity contribution in [2.45, 2.75) is 165 Å². The number of carboxylic acids is 1. The van der Waals surface area contributed by atoms with Gasteiger partial charge >= 0.3 is 18.0 Å². The van der Waals surface area contributed by atoms with E-state index in [0.29, 0.717) is 45.2 Å². The number of urea groups is 1. The number of aliphatic carboxylic acids is 1. The first-order valence-electron chi connectivity index (χ1n) is 33.8. The van der Waals surface area contributed by atoms with Gasteiger partial charge in [0.25, 0.3) is 5.56 Å². The first-order chi connectivity index (χ1) is 49.1. The van der Waals surface area contributed by atoms with Gasteiger partial charge in [0, 0.05) is 86.5 Å². The molecule has 32 nitrogen and oxygen atoms in total. The summed E-state index contributed by atoms with van der Waals surface area (Å²) in [5.74, 6) is -10.1. The molecule has 3 aromatic carbocycles. The van der Waals surface area contributed by atoms with Crippen molar-refractivity contribution in [2.75, 3.05) is 26.2 Å². The number of carboxylic acid groups (broad SMARTS) is 1. The Kier molecular flexibility index (Phi) is 26.7. The zero-order valence-corrected chi connectivity index (χ0v) is 58.5. The maximum Gasteiger partial charge on any atom is 0.343 e. The summed E-state index contributed by atoms with van der Waals surface area (Å²) in [6, 6.07) is 7.94. The molecule has 2 aromatic heterocycles. The number of ether oxygens (including phenoxy) is 1. The fourth-order valence-electron chi connectivity index (χ4n) is 13.1. The Balaban J connectivity index is 0.0000137. The number of nitrogens with one attached hydrogen (secondary N) is 8. The van der Waals surface area contributed by atoms with Gasteiger partial charge in [0.2, 0.25) is 47.3 Å². The van der Waals surface area contributed by atoms with Crippen molar-refractivity contribution in [2.24, 2.45) is 22.2 Å². The largest absolute Gasteiger partial charge is 0.508 e. The summed E-state index contributed by atoms with van der Waals surface area (Å²) in [6.07, 6.45) is 0.121. The third kappa shape index (κ3) is 19.2. The van der Waals surface area contributed by atoms with E-state index in [0.717, 1.165) is 11.3 Å². The van der Waals surface area contributed by atoms with Crippen LogP contribution >= 0.6 is 0 Å². The number of phenols is 1. The number of aliphatic imine (C=N–C) groups is 1. The van der Waals surface area contributed by atoms with E-state index in [4.69, 9.17) is 26.9 Å². The molecule has 0 unspecified atom stereocenters. The predicted molar refractivity (Wildman–Crippen MR) is 366 cm³/mol. The van der Waals surface area contributed by atoms with Gasteiger partial charge < -0.3 is 94.1 Å². The van der Waals surface area contributed by atoms with Crippen molar-refractivity contribution in [1.29, 1.82) is 0 Å². The fraction of sp³-hybridized carbons (Fsp3) is 0.429. The number of imide groups is 1. The number of primary amides is 1. The first kappa shape index (κ1) is 78.8. The quantitative estimate of drug-likeness (QED) is 0.00624. The molecule has 9 rings (SSSR count). The second kappa shape index (κ2) is 35.3. The Hall–Kier alpha value is -10.9. The molecule has 1 saturated heterocycles. The van der Waals surface area contributed by atoms with Gasteiger partial charge in [-0.2, -0.15) is 0 Å². The number of benzene rings is 3. The van der Waals surface area contributed by atoms with Gasteiger partial charge in [0.15, 0.2) is 11.6 Å². The molecule has 1 aliphatic carbocycles. The number of carbonyl (C=O) groups excluding carboxylic acids is 11. The molecule has 553 valence electrons. The number of hydrogen-bond acceptors (Lipinski definition) is 18. The number of nitrogens with zero attached hydrogens (tertiary/aromatic N) is 4. The molecule has 1 fully saturated rings. The topological polar surface area (TPSA) is 500 Å². The minimum absolute atomic E-state index is 0. The van der Waals surface area contributed by atoms with Gasteiger partial charge in [-0.05, 0) is 117 Å². The van der Waals surface area contributed by atoms with Crippen LogP contribution in [-0.4, -0.2) is 163 Å². The average Bonchev–Trinajstić information content (AvgIpc) is 1.50. The van der Waals surface area contributed by atoms with E-state index < -0.39 is 144 Å². The number of aromatic nitrogens is 2. The van der Waals surface area contributed by atoms with Crippen molar-refractivity contribution in [1.82, 2.24) is 57.0 Å². The summed E-state index contributed by atoms with van der Waals surface area (Å²) >= 11 is 0. The first-order valence-corrected chi connectivity index (χ1v) is 33.8. The monoisotopic (exact) mass is 1480 g/mol. The van der Waals surface area contributed by atoms with Crippen LogP contribution in [0.25, 0.3) is 22.3 Å². The van der Waals surface area contributed by atoms with Crippen molar-refractivity contribution >= 4 is 88.0 Å². The molecule has 4 aliphatic rings. The summed E-state index contributed by atoms with van der Waals surface area (Å²) in [5, 5.41) is 53.5. The number of aliphatic hydroxyl groups is 1. The van der Waals surface area contributed by atoms with Crippen LogP contribution < -0.4 is 65.3 Å². The number of pyridine rings is 2. The molecule has 5 aromatic rings. The van der Waals surface area contributed by atoms with Crippen LogP contribution in [0.15, 0.2) is 76.5 Å². The SMILES string of the molecule is CC[C@@]1(O)C(=O)OCc2c1cc1n(c2=O)Cc2c-1nc1cc(F)c(C)c3c1c2[C@@H](NC(=O)CCC(=O)N[C@@H](Cc1ccccc1)C(=O)N[C@@H](CCCNC(N)=O)C(=O)N[C@@H](CCCCNC(=O)[C@H](CCCN=C(N)N)NC(=O)CN1C(=O)[CH-]CC1=O)C(=O)N[C@@H](Cc1ccc(O)cc1)C(=O)O)CC3.[V]. The number of aryl methyl sites for hydroxylation is 1. The third-order valence-electron chi connectivity index (χ3n) is 18.6. The number of fused-ring (bicyclic) bond motifs is 5. The number of cyclic esters (lactones) is 1. The van der Waals surface area contributed by atoms with E-state index in [-0.39, 0.29) is 168 Å². The third-order valence-corrected chi connectivity index (χ3v) is 18.6. The zero-order chi connectivity index (χ0) is 74.4. The molecular formula is C70H83FN15O17V-. The predicted octanol–water partition coefficient (Wildman–Crippen LogP) is -0.140. The van der Waals surface area contributed by atoms with Gasteiger partial charge in [-0.25, -0.2) is 23.8 Å². The summed E-state index contributed by atoms with van der Waals surface area (Å²) in [7, 11) is 0. The van der Waals surface area contributed by atoms with Gasteiger partial charge in [-0.3, -0.25) is 54.6 Å². The minimum Gasteiger partial charge on any atom is -0.508 e. The molecule has 11 amide bonds. The Bertz CT molecular complexity index is 4240. The van der Waals surface area contributed by atoms with Crippen molar-refractivity contribution in [3.8, 4) is 17.1 Å². The van der Waals surface area contributed by atoms with Crippen LogP contribution in [-0.2, 0) is 114 Å². The number of rotatable bonds is 34. The molecule has 34 heteroatoms. The number of halogens is 1. The number of aromatic hydroxyl groups is 1.